The molecular formula is C15H20N2O4S2. The van der Waals surface area contributed by atoms with Crippen LogP contribution in [-0.4, -0.2) is 63.8 Å². The molecule has 0 aliphatic carbocycles. The second-order valence-corrected chi connectivity index (χ2v) is 8.72. The first-order chi connectivity index (χ1) is 11.1. The SMILES string of the molecule is COCCSC1=N[C@@H]2CS(=O)(=O)C[C@@H]2N1c1ccccc1OC. The number of sulfone groups is 1. The number of amidine groups is 1. The first kappa shape index (κ1) is 16.6. The van der Waals surface area contributed by atoms with E-state index in [9.17, 15) is 8.42 Å². The van der Waals surface area contributed by atoms with E-state index in [0.29, 0.717) is 6.61 Å². The van der Waals surface area contributed by atoms with Crippen LogP contribution in [0.5, 0.6) is 5.75 Å². The number of rotatable bonds is 5. The standard InChI is InChI=1S/C15H20N2O4S2/c1-20-7-8-22-15-16-11-9-23(18,19)10-13(11)17(15)12-5-3-4-6-14(12)21-2/h3-6,11,13H,7-10H2,1-2H3/t11-,13+/m1/s1. The summed E-state index contributed by atoms with van der Waals surface area (Å²) in [5.41, 5.74) is 0.864. The van der Waals surface area contributed by atoms with Crippen molar-refractivity contribution < 1.29 is 17.9 Å². The van der Waals surface area contributed by atoms with Gasteiger partial charge in [0.15, 0.2) is 15.0 Å². The molecule has 0 aromatic heterocycles. The fourth-order valence-corrected chi connectivity index (χ4v) is 5.82. The quantitative estimate of drug-likeness (QED) is 0.743. The van der Waals surface area contributed by atoms with Crippen LogP contribution in [0.3, 0.4) is 0 Å². The fourth-order valence-electron chi connectivity index (χ4n) is 2.96. The van der Waals surface area contributed by atoms with E-state index in [0.717, 1.165) is 22.4 Å². The number of thioether (sulfide) groups is 1. The van der Waals surface area contributed by atoms with Crippen molar-refractivity contribution in [2.24, 2.45) is 4.99 Å². The normalized spacial score (nSPS) is 25.3. The number of methoxy groups -OCH3 is 2. The van der Waals surface area contributed by atoms with E-state index in [1.807, 2.05) is 29.2 Å². The lowest BCUT2D eigenvalue weighted by atomic mass is 10.1. The molecule has 2 aliphatic heterocycles. The van der Waals surface area contributed by atoms with E-state index in [1.165, 1.54) is 0 Å². The molecule has 6 nitrogen and oxygen atoms in total. The Morgan fingerprint density at radius 1 is 1.30 bits per heavy atom. The Morgan fingerprint density at radius 3 is 2.83 bits per heavy atom. The molecule has 0 amide bonds. The molecule has 126 valence electrons. The van der Waals surface area contributed by atoms with Crippen molar-refractivity contribution in [2.75, 3.05) is 43.0 Å². The van der Waals surface area contributed by atoms with Crippen molar-refractivity contribution in [3.63, 3.8) is 0 Å². The Bertz CT molecular complexity index is 705. The number of hydrogen-bond acceptors (Lipinski definition) is 7. The van der Waals surface area contributed by atoms with Gasteiger partial charge in [-0.1, -0.05) is 23.9 Å². The second kappa shape index (κ2) is 6.70. The smallest absolute Gasteiger partial charge is 0.164 e. The summed E-state index contributed by atoms with van der Waals surface area (Å²) in [4.78, 5) is 6.69. The molecule has 3 rings (SSSR count). The van der Waals surface area contributed by atoms with Gasteiger partial charge in [-0.2, -0.15) is 0 Å². The van der Waals surface area contributed by atoms with E-state index >= 15 is 0 Å². The van der Waals surface area contributed by atoms with E-state index < -0.39 is 9.84 Å². The molecular weight excluding hydrogens is 336 g/mol. The molecule has 0 bridgehead atoms. The number of ether oxygens (including phenoxy) is 2. The first-order valence-electron chi connectivity index (χ1n) is 7.38. The third kappa shape index (κ3) is 3.34. The number of anilines is 1. The fraction of sp³-hybridized carbons (Fsp3) is 0.533. The van der Waals surface area contributed by atoms with Crippen molar-refractivity contribution in [3.05, 3.63) is 24.3 Å². The summed E-state index contributed by atoms with van der Waals surface area (Å²) < 4.78 is 34.5. The van der Waals surface area contributed by atoms with Gasteiger partial charge in [0.1, 0.15) is 5.75 Å². The molecule has 0 unspecified atom stereocenters. The third-order valence-electron chi connectivity index (χ3n) is 3.97. The largest absolute Gasteiger partial charge is 0.495 e. The summed E-state index contributed by atoms with van der Waals surface area (Å²) in [5.74, 6) is 1.75. The van der Waals surface area contributed by atoms with Crippen LogP contribution in [0.4, 0.5) is 5.69 Å². The zero-order chi connectivity index (χ0) is 16.4. The molecule has 1 fully saturated rings. The highest BCUT2D eigenvalue weighted by Gasteiger charge is 2.47. The lowest BCUT2D eigenvalue weighted by molar-refractivity contribution is 0.219. The van der Waals surface area contributed by atoms with E-state index in [4.69, 9.17) is 9.47 Å². The maximum Gasteiger partial charge on any atom is 0.164 e. The molecule has 2 heterocycles. The topological polar surface area (TPSA) is 68.2 Å². The number of hydrogen-bond donors (Lipinski definition) is 0. The van der Waals surface area contributed by atoms with Crippen LogP contribution in [0.2, 0.25) is 0 Å². The van der Waals surface area contributed by atoms with Gasteiger partial charge in [-0.05, 0) is 12.1 Å². The van der Waals surface area contributed by atoms with Crippen LogP contribution in [0, 0.1) is 0 Å². The van der Waals surface area contributed by atoms with Crippen molar-refractivity contribution in [1.29, 1.82) is 0 Å². The van der Waals surface area contributed by atoms with Crippen molar-refractivity contribution in [1.82, 2.24) is 0 Å². The Hall–Kier alpha value is -1.25. The van der Waals surface area contributed by atoms with Crippen LogP contribution >= 0.6 is 11.8 Å². The zero-order valence-corrected chi connectivity index (χ0v) is 14.8. The minimum atomic E-state index is -3.04. The molecule has 0 N–H and O–H groups in total. The van der Waals surface area contributed by atoms with Crippen molar-refractivity contribution >= 4 is 32.5 Å². The summed E-state index contributed by atoms with van der Waals surface area (Å²) in [6.45, 7) is 0.622. The van der Waals surface area contributed by atoms with Crippen molar-refractivity contribution in [3.8, 4) is 5.75 Å². The number of nitrogens with zero attached hydrogens (tertiary/aromatic N) is 2. The van der Waals surface area contributed by atoms with Crippen LogP contribution in [0.15, 0.2) is 29.3 Å². The predicted octanol–water partition coefficient (Wildman–Crippen LogP) is 1.42. The maximum absolute atomic E-state index is 12.0. The van der Waals surface area contributed by atoms with Gasteiger partial charge in [-0.25, -0.2) is 8.42 Å². The second-order valence-electron chi connectivity index (χ2n) is 5.51. The monoisotopic (exact) mass is 356 g/mol. The Morgan fingerprint density at radius 2 is 2.09 bits per heavy atom. The molecule has 2 atom stereocenters. The highest BCUT2D eigenvalue weighted by molar-refractivity contribution is 8.14. The molecule has 1 saturated heterocycles. The molecule has 23 heavy (non-hydrogen) atoms. The Balaban J connectivity index is 1.94. The van der Waals surface area contributed by atoms with E-state index in [-0.39, 0.29) is 23.6 Å². The average molecular weight is 356 g/mol. The molecule has 0 radical (unpaired) electrons. The summed E-state index contributed by atoms with van der Waals surface area (Å²) in [6, 6.07) is 7.29. The number of benzene rings is 1. The summed E-state index contributed by atoms with van der Waals surface area (Å²) in [5, 5.41) is 0.844. The van der Waals surface area contributed by atoms with Gasteiger partial charge in [-0.15, -0.1) is 0 Å². The van der Waals surface area contributed by atoms with E-state index in [1.54, 1.807) is 26.0 Å². The molecule has 1 aromatic rings. The number of aliphatic imine (C=N–C) groups is 1. The van der Waals surface area contributed by atoms with Gasteiger partial charge < -0.3 is 14.4 Å². The molecule has 2 aliphatic rings. The first-order valence-corrected chi connectivity index (χ1v) is 10.2. The van der Waals surface area contributed by atoms with Crippen LogP contribution in [0.1, 0.15) is 0 Å². The van der Waals surface area contributed by atoms with Crippen LogP contribution in [0.25, 0.3) is 0 Å². The van der Waals surface area contributed by atoms with Crippen LogP contribution < -0.4 is 9.64 Å². The lowest BCUT2D eigenvalue weighted by Crippen LogP contribution is -2.39. The van der Waals surface area contributed by atoms with Gasteiger partial charge in [0, 0.05) is 12.9 Å². The van der Waals surface area contributed by atoms with Gasteiger partial charge in [-0.3, -0.25) is 4.99 Å². The molecule has 1 aromatic carbocycles. The zero-order valence-electron chi connectivity index (χ0n) is 13.1. The van der Waals surface area contributed by atoms with Crippen LogP contribution in [-0.2, 0) is 14.6 Å². The van der Waals surface area contributed by atoms with Gasteiger partial charge in [0.2, 0.25) is 0 Å². The predicted molar refractivity (Wildman–Crippen MR) is 93.5 cm³/mol. The minimum absolute atomic E-state index is 0.123. The van der Waals surface area contributed by atoms with Gasteiger partial charge in [0.05, 0.1) is 43.0 Å². The summed E-state index contributed by atoms with van der Waals surface area (Å²) in [6.07, 6.45) is 0. The third-order valence-corrected chi connectivity index (χ3v) is 6.60. The number of para-hydroxylation sites is 2. The molecule has 0 spiro atoms. The average Bonchev–Trinajstić information content (AvgIpc) is 2.98. The Kier molecular flexibility index (Phi) is 4.84. The van der Waals surface area contributed by atoms with Crippen molar-refractivity contribution in [2.45, 2.75) is 12.1 Å². The number of fused-ring (bicyclic) bond motifs is 1. The lowest BCUT2D eigenvalue weighted by Gasteiger charge is -2.27. The molecule has 0 saturated carbocycles. The van der Waals surface area contributed by atoms with Gasteiger partial charge in [0.25, 0.3) is 0 Å². The summed E-state index contributed by atoms with van der Waals surface area (Å²) in [7, 11) is 0.243. The molecule has 8 heteroatoms. The highest BCUT2D eigenvalue weighted by atomic mass is 32.2. The Labute approximate surface area is 140 Å². The highest BCUT2D eigenvalue weighted by Crippen LogP contribution is 2.39. The maximum atomic E-state index is 12.0. The summed E-state index contributed by atoms with van der Waals surface area (Å²) >= 11 is 1.59. The minimum Gasteiger partial charge on any atom is -0.495 e. The van der Waals surface area contributed by atoms with Gasteiger partial charge >= 0.3 is 0 Å². The van der Waals surface area contributed by atoms with E-state index in [2.05, 4.69) is 4.99 Å².